The molecule has 25 heavy (non-hydrogen) atoms. The Morgan fingerprint density at radius 1 is 1.16 bits per heavy atom. The molecule has 6 heteroatoms. The van der Waals surface area contributed by atoms with Gasteiger partial charge < -0.3 is 9.42 Å². The van der Waals surface area contributed by atoms with E-state index in [0.29, 0.717) is 18.9 Å². The summed E-state index contributed by atoms with van der Waals surface area (Å²) in [7, 11) is 0. The number of thiophene rings is 1. The lowest BCUT2D eigenvalue weighted by molar-refractivity contribution is -0.125. The van der Waals surface area contributed by atoms with Gasteiger partial charge in [0.05, 0.1) is 0 Å². The van der Waals surface area contributed by atoms with Crippen LogP contribution in [0.1, 0.15) is 28.1 Å². The summed E-state index contributed by atoms with van der Waals surface area (Å²) >= 11 is 1.61. The highest BCUT2D eigenvalue weighted by Gasteiger charge is 2.38. The van der Waals surface area contributed by atoms with E-state index in [1.165, 1.54) is 12.0 Å². The average Bonchev–Trinajstić information content (AvgIpc) is 3.41. The van der Waals surface area contributed by atoms with Crippen molar-refractivity contribution < 1.29 is 9.32 Å². The minimum atomic E-state index is 0.0142. The van der Waals surface area contributed by atoms with Crippen molar-refractivity contribution >= 4 is 23.3 Å². The van der Waals surface area contributed by atoms with Gasteiger partial charge in [0, 0.05) is 35.9 Å². The second-order valence-corrected chi connectivity index (χ2v) is 6.98. The molecule has 5 nitrogen and oxygen atoms in total. The SMILES string of the molecule is O=C(/C=C\c1cccs1)N1CC(c2ccccc2)C(c2ncon2)C1. The number of benzene rings is 1. The quantitative estimate of drug-likeness (QED) is 0.675. The third kappa shape index (κ3) is 3.39. The second kappa shape index (κ2) is 7.03. The second-order valence-electron chi connectivity index (χ2n) is 6.01. The van der Waals surface area contributed by atoms with Crippen LogP contribution in [-0.4, -0.2) is 34.0 Å². The summed E-state index contributed by atoms with van der Waals surface area (Å²) in [6.45, 7) is 1.24. The molecule has 126 valence electrons. The van der Waals surface area contributed by atoms with Crippen molar-refractivity contribution in [2.75, 3.05) is 13.1 Å². The molecule has 0 spiro atoms. The van der Waals surface area contributed by atoms with Crippen molar-refractivity contribution in [3.63, 3.8) is 0 Å². The molecule has 1 fully saturated rings. The molecule has 2 atom stereocenters. The van der Waals surface area contributed by atoms with Gasteiger partial charge in [-0.1, -0.05) is 41.6 Å². The standard InChI is InChI=1S/C19H17N3O2S/c23-18(9-8-15-7-4-10-25-15)22-11-16(14-5-2-1-3-6-14)17(12-22)19-20-13-24-21-19/h1-10,13,16-17H,11-12H2/b9-8-. The highest BCUT2D eigenvalue weighted by Crippen LogP contribution is 2.38. The van der Waals surface area contributed by atoms with Crippen LogP contribution >= 0.6 is 11.3 Å². The summed E-state index contributed by atoms with van der Waals surface area (Å²) in [6, 6.07) is 14.2. The first kappa shape index (κ1) is 15.8. The Kier molecular flexibility index (Phi) is 4.43. The van der Waals surface area contributed by atoms with Gasteiger partial charge in [0.15, 0.2) is 5.82 Å². The van der Waals surface area contributed by atoms with E-state index in [0.717, 1.165) is 4.88 Å². The number of likely N-dealkylation sites (tertiary alicyclic amines) is 1. The van der Waals surface area contributed by atoms with Crippen LogP contribution in [0, 0.1) is 0 Å². The third-order valence-electron chi connectivity index (χ3n) is 4.50. The first-order chi connectivity index (χ1) is 12.3. The summed E-state index contributed by atoms with van der Waals surface area (Å²) in [5.41, 5.74) is 1.19. The average molecular weight is 351 g/mol. The Bertz CT molecular complexity index is 844. The normalized spacial score (nSPS) is 20.4. The van der Waals surface area contributed by atoms with Crippen LogP contribution in [-0.2, 0) is 4.79 Å². The molecule has 0 aliphatic carbocycles. The maximum atomic E-state index is 12.6. The third-order valence-corrected chi connectivity index (χ3v) is 5.34. The molecule has 1 saturated heterocycles. The smallest absolute Gasteiger partial charge is 0.246 e. The van der Waals surface area contributed by atoms with E-state index in [-0.39, 0.29) is 17.7 Å². The maximum absolute atomic E-state index is 12.6. The molecule has 0 saturated carbocycles. The molecule has 0 radical (unpaired) electrons. The monoisotopic (exact) mass is 351 g/mol. The number of hydrogen-bond acceptors (Lipinski definition) is 5. The maximum Gasteiger partial charge on any atom is 0.246 e. The van der Waals surface area contributed by atoms with Gasteiger partial charge in [0.25, 0.3) is 0 Å². The minimum Gasteiger partial charge on any atom is -0.343 e. The highest BCUT2D eigenvalue weighted by atomic mass is 32.1. The zero-order chi connectivity index (χ0) is 17.1. The van der Waals surface area contributed by atoms with Crippen molar-refractivity contribution in [3.8, 4) is 0 Å². The zero-order valence-corrected chi connectivity index (χ0v) is 14.3. The van der Waals surface area contributed by atoms with E-state index in [1.54, 1.807) is 17.4 Å². The van der Waals surface area contributed by atoms with Gasteiger partial charge in [0.1, 0.15) is 0 Å². The van der Waals surface area contributed by atoms with E-state index in [4.69, 9.17) is 4.52 Å². The highest BCUT2D eigenvalue weighted by molar-refractivity contribution is 7.10. The lowest BCUT2D eigenvalue weighted by atomic mass is 9.88. The lowest BCUT2D eigenvalue weighted by Gasteiger charge is -2.15. The molecule has 3 heterocycles. The van der Waals surface area contributed by atoms with Crippen molar-refractivity contribution in [1.82, 2.24) is 15.0 Å². The summed E-state index contributed by atoms with van der Waals surface area (Å²) in [6.07, 6.45) is 4.86. The number of nitrogens with zero attached hydrogens (tertiary/aromatic N) is 3. The molecule has 0 bridgehead atoms. The van der Waals surface area contributed by atoms with Crippen LogP contribution in [0.3, 0.4) is 0 Å². The molecule has 3 aromatic rings. The molecule has 4 rings (SSSR count). The van der Waals surface area contributed by atoms with Crippen LogP contribution in [0.25, 0.3) is 6.08 Å². The summed E-state index contributed by atoms with van der Waals surface area (Å²) in [4.78, 5) is 19.8. The van der Waals surface area contributed by atoms with E-state index in [2.05, 4.69) is 22.3 Å². The number of carbonyl (C=O) groups excluding carboxylic acids is 1. The van der Waals surface area contributed by atoms with Crippen LogP contribution in [0.2, 0.25) is 0 Å². The van der Waals surface area contributed by atoms with Crippen molar-refractivity contribution in [2.24, 2.45) is 0 Å². The Labute approximate surface area is 149 Å². The van der Waals surface area contributed by atoms with Crippen LogP contribution in [0.15, 0.2) is 64.8 Å². The fourth-order valence-electron chi connectivity index (χ4n) is 3.27. The predicted octanol–water partition coefficient (Wildman–Crippen LogP) is 3.55. The van der Waals surface area contributed by atoms with Crippen molar-refractivity contribution in [3.05, 3.63) is 76.6 Å². The summed E-state index contributed by atoms with van der Waals surface area (Å²) in [5.74, 6) is 0.879. The zero-order valence-electron chi connectivity index (χ0n) is 13.5. The van der Waals surface area contributed by atoms with Crippen molar-refractivity contribution in [2.45, 2.75) is 11.8 Å². The molecule has 1 aliphatic heterocycles. The number of carbonyl (C=O) groups is 1. The number of hydrogen-bond donors (Lipinski definition) is 0. The Hall–Kier alpha value is -2.73. The predicted molar refractivity (Wildman–Crippen MR) is 96.2 cm³/mol. The van der Waals surface area contributed by atoms with Crippen molar-refractivity contribution in [1.29, 1.82) is 0 Å². The Morgan fingerprint density at radius 3 is 2.72 bits per heavy atom. The number of amides is 1. The number of rotatable bonds is 4. The summed E-state index contributed by atoms with van der Waals surface area (Å²) in [5, 5.41) is 6.01. The van der Waals surface area contributed by atoms with Gasteiger partial charge in [-0.05, 0) is 23.1 Å². The van der Waals surface area contributed by atoms with Gasteiger partial charge in [-0.3, -0.25) is 4.79 Å². The largest absolute Gasteiger partial charge is 0.343 e. The molecule has 2 unspecified atom stereocenters. The van der Waals surface area contributed by atoms with Gasteiger partial charge >= 0.3 is 0 Å². The number of aromatic nitrogens is 2. The van der Waals surface area contributed by atoms with Crippen LogP contribution in [0.4, 0.5) is 0 Å². The van der Waals surface area contributed by atoms with E-state index in [1.807, 2.05) is 46.7 Å². The molecular weight excluding hydrogens is 334 g/mol. The topological polar surface area (TPSA) is 59.2 Å². The van der Waals surface area contributed by atoms with Gasteiger partial charge in [-0.2, -0.15) is 4.98 Å². The van der Waals surface area contributed by atoms with Crippen LogP contribution < -0.4 is 0 Å². The van der Waals surface area contributed by atoms with E-state index in [9.17, 15) is 4.79 Å². The molecule has 1 aliphatic rings. The Morgan fingerprint density at radius 2 is 2.00 bits per heavy atom. The molecule has 1 amide bonds. The van der Waals surface area contributed by atoms with E-state index < -0.39 is 0 Å². The Balaban J connectivity index is 1.56. The molecule has 0 N–H and O–H groups in total. The van der Waals surface area contributed by atoms with Gasteiger partial charge in [0.2, 0.25) is 12.3 Å². The van der Waals surface area contributed by atoms with Gasteiger partial charge in [-0.25, -0.2) is 0 Å². The molecular formula is C19H17N3O2S. The molecule has 2 aromatic heterocycles. The lowest BCUT2D eigenvalue weighted by Crippen LogP contribution is -2.27. The van der Waals surface area contributed by atoms with Gasteiger partial charge in [-0.15, -0.1) is 11.3 Å². The van der Waals surface area contributed by atoms with Crippen LogP contribution in [0.5, 0.6) is 0 Å². The minimum absolute atomic E-state index is 0.0142. The summed E-state index contributed by atoms with van der Waals surface area (Å²) < 4.78 is 4.93. The van der Waals surface area contributed by atoms with E-state index >= 15 is 0 Å². The fourth-order valence-corrected chi connectivity index (χ4v) is 3.89. The molecule has 1 aromatic carbocycles. The fraction of sp³-hybridized carbons (Fsp3) is 0.211. The first-order valence-electron chi connectivity index (χ1n) is 8.13. The first-order valence-corrected chi connectivity index (χ1v) is 9.01.